The molecular weight excluding hydrogens is 212 g/mol. The topological polar surface area (TPSA) is 53.3 Å². The van der Waals surface area contributed by atoms with Crippen molar-refractivity contribution in [3.63, 3.8) is 0 Å². The lowest BCUT2D eigenvalue weighted by molar-refractivity contribution is -0.129. The SMILES string of the molecule is COCCSCCC(=O)N(C)CCC#N. The van der Waals surface area contributed by atoms with Crippen molar-refractivity contribution in [1.82, 2.24) is 4.90 Å². The minimum atomic E-state index is 0.107. The number of thioether (sulfide) groups is 1. The molecule has 0 unspecified atom stereocenters. The van der Waals surface area contributed by atoms with Crippen molar-refractivity contribution >= 4 is 17.7 Å². The number of ether oxygens (including phenoxy) is 1. The summed E-state index contributed by atoms with van der Waals surface area (Å²) in [7, 11) is 3.40. The summed E-state index contributed by atoms with van der Waals surface area (Å²) in [5, 5.41) is 8.36. The van der Waals surface area contributed by atoms with Gasteiger partial charge < -0.3 is 9.64 Å². The molecule has 0 saturated carbocycles. The van der Waals surface area contributed by atoms with E-state index in [1.54, 1.807) is 30.8 Å². The zero-order chi connectivity index (χ0) is 11.5. The van der Waals surface area contributed by atoms with Crippen LogP contribution in [0.5, 0.6) is 0 Å². The maximum absolute atomic E-state index is 11.5. The van der Waals surface area contributed by atoms with Crippen molar-refractivity contribution in [2.24, 2.45) is 0 Å². The van der Waals surface area contributed by atoms with E-state index in [1.807, 2.05) is 6.07 Å². The third-order valence-electron chi connectivity index (χ3n) is 1.88. The Morgan fingerprint density at radius 1 is 1.53 bits per heavy atom. The zero-order valence-corrected chi connectivity index (χ0v) is 10.2. The normalized spacial score (nSPS) is 9.67. The summed E-state index contributed by atoms with van der Waals surface area (Å²) in [6.45, 7) is 1.25. The third kappa shape index (κ3) is 8.28. The lowest BCUT2D eigenvalue weighted by Gasteiger charge is -2.14. The monoisotopic (exact) mass is 230 g/mol. The predicted octanol–water partition coefficient (Wildman–Crippen LogP) is 1.13. The number of carbonyl (C=O) groups excluding carboxylic acids is 1. The Kier molecular flexibility index (Phi) is 9.33. The van der Waals surface area contributed by atoms with E-state index in [0.717, 1.165) is 18.1 Å². The predicted molar refractivity (Wildman–Crippen MR) is 61.7 cm³/mol. The van der Waals surface area contributed by atoms with Crippen LogP contribution in [0.1, 0.15) is 12.8 Å². The van der Waals surface area contributed by atoms with Crippen molar-refractivity contribution in [3.05, 3.63) is 0 Å². The first-order valence-corrected chi connectivity index (χ1v) is 6.05. The van der Waals surface area contributed by atoms with E-state index in [4.69, 9.17) is 10.00 Å². The van der Waals surface area contributed by atoms with Crippen LogP contribution in [0.4, 0.5) is 0 Å². The fourth-order valence-electron chi connectivity index (χ4n) is 0.937. The Labute approximate surface area is 95.6 Å². The second-order valence-electron chi connectivity index (χ2n) is 3.08. The number of methoxy groups -OCH3 is 1. The molecule has 15 heavy (non-hydrogen) atoms. The van der Waals surface area contributed by atoms with E-state index < -0.39 is 0 Å². The Hall–Kier alpha value is -0.730. The van der Waals surface area contributed by atoms with E-state index in [1.165, 1.54) is 0 Å². The first kappa shape index (κ1) is 14.3. The van der Waals surface area contributed by atoms with Gasteiger partial charge >= 0.3 is 0 Å². The summed E-state index contributed by atoms with van der Waals surface area (Å²) in [6, 6.07) is 2.02. The molecule has 0 heterocycles. The average Bonchev–Trinajstić information content (AvgIpc) is 2.25. The molecule has 0 atom stereocenters. The highest BCUT2D eigenvalue weighted by molar-refractivity contribution is 7.99. The molecule has 0 aromatic carbocycles. The van der Waals surface area contributed by atoms with Gasteiger partial charge in [-0.05, 0) is 0 Å². The number of nitrogens with zero attached hydrogens (tertiary/aromatic N) is 2. The fraction of sp³-hybridized carbons (Fsp3) is 0.800. The van der Waals surface area contributed by atoms with E-state index in [2.05, 4.69) is 0 Å². The smallest absolute Gasteiger partial charge is 0.223 e. The van der Waals surface area contributed by atoms with Gasteiger partial charge in [-0.2, -0.15) is 17.0 Å². The highest BCUT2D eigenvalue weighted by Gasteiger charge is 2.07. The van der Waals surface area contributed by atoms with Gasteiger partial charge in [-0.15, -0.1) is 0 Å². The maximum atomic E-state index is 11.5. The molecule has 0 bridgehead atoms. The molecule has 4 nitrogen and oxygen atoms in total. The van der Waals surface area contributed by atoms with Gasteiger partial charge in [0.05, 0.1) is 19.1 Å². The summed E-state index contributed by atoms with van der Waals surface area (Å²) >= 11 is 1.71. The van der Waals surface area contributed by atoms with Crippen LogP contribution in [0, 0.1) is 11.3 Å². The Bertz CT molecular complexity index is 216. The van der Waals surface area contributed by atoms with Gasteiger partial charge in [0.1, 0.15) is 0 Å². The van der Waals surface area contributed by atoms with Gasteiger partial charge in [-0.25, -0.2) is 0 Å². The van der Waals surface area contributed by atoms with Crippen LogP contribution < -0.4 is 0 Å². The standard InChI is InChI=1S/C10H18N2O2S/c1-12(6-3-5-11)10(13)4-8-15-9-7-14-2/h3-4,6-9H2,1-2H3. The Balaban J connectivity index is 3.43. The largest absolute Gasteiger partial charge is 0.384 e. The average molecular weight is 230 g/mol. The van der Waals surface area contributed by atoms with Crippen molar-refractivity contribution < 1.29 is 9.53 Å². The molecule has 0 spiro atoms. The van der Waals surface area contributed by atoms with E-state index in [0.29, 0.717) is 19.4 Å². The molecule has 0 aromatic rings. The van der Waals surface area contributed by atoms with Crippen LogP contribution in [0.3, 0.4) is 0 Å². The number of rotatable bonds is 8. The van der Waals surface area contributed by atoms with E-state index in [9.17, 15) is 4.79 Å². The molecule has 0 fully saturated rings. The molecule has 0 aliphatic carbocycles. The Morgan fingerprint density at radius 2 is 2.27 bits per heavy atom. The summed E-state index contributed by atoms with van der Waals surface area (Å²) in [5.41, 5.74) is 0. The second-order valence-corrected chi connectivity index (χ2v) is 4.30. The number of carbonyl (C=O) groups is 1. The minimum Gasteiger partial charge on any atom is -0.384 e. The lowest BCUT2D eigenvalue weighted by Crippen LogP contribution is -2.27. The van der Waals surface area contributed by atoms with Gasteiger partial charge in [-0.3, -0.25) is 4.79 Å². The van der Waals surface area contributed by atoms with E-state index >= 15 is 0 Å². The van der Waals surface area contributed by atoms with Crippen molar-refractivity contribution in [3.8, 4) is 6.07 Å². The lowest BCUT2D eigenvalue weighted by atomic mass is 10.3. The van der Waals surface area contributed by atoms with Crippen LogP contribution in [-0.2, 0) is 9.53 Å². The molecule has 0 rings (SSSR count). The molecule has 1 amide bonds. The molecule has 0 saturated heterocycles. The van der Waals surface area contributed by atoms with Gasteiger partial charge in [0, 0.05) is 38.6 Å². The van der Waals surface area contributed by atoms with Gasteiger partial charge in [0.15, 0.2) is 0 Å². The summed E-state index contributed by atoms with van der Waals surface area (Å²) in [4.78, 5) is 13.1. The molecule has 0 radical (unpaired) electrons. The molecule has 0 aliphatic rings. The van der Waals surface area contributed by atoms with Crippen LogP contribution in [0.25, 0.3) is 0 Å². The van der Waals surface area contributed by atoms with Gasteiger partial charge in [0.2, 0.25) is 5.91 Å². The summed E-state index contributed by atoms with van der Waals surface area (Å²) < 4.78 is 4.90. The molecule has 5 heteroatoms. The second kappa shape index (κ2) is 9.81. The van der Waals surface area contributed by atoms with E-state index in [-0.39, 0.29) is 5.91 Å². The molecule has 0 aromatic heterocycles. The van der Waals surface area contributed by atoms with Crippen LogP contribution in [-0.4, -0.2) is 49.6 Å². The summed E-state index contributed by atoms with van der Waals surface area (Å²) in [5.74, 6) is 1.85. The fourth-order valence-corrected chi connectivity index (χ4v) is 1.74. The Morgan fingerprint density at radius 3 is 2.87 bits per heavy atom. The molecule has 86 valence electrons. The number of nitriles is 1. The van der Waals surface area contributed by atoms with Crippen LogP contribution >= 0.6 is 11.8 Å². The van der Waals surface area contributed by atoms with Crippen molar-refractivity contribution in [2.45, 2.75) is 12.8 Å². The minimum absolute atomic E-state index is 0.107. The number of hydrogen-bond acceptors (Lipinski definition) is 4. The van der Waals surface area contributed by atoms with Crippen molar-refractivity contribution in [1.29, 1.82) is 5.26 Å². The molecular formula is C10H18N2O2S. The van der Waals surface area contributed by atoms with Gasteiger partial charge in [-0.1, -0.05) is 0 Å². The van der Waals surface area contributed by atoms with Crippen molar-refractivity contribution in [2.75, 3.05) is 38.8 Å². The highest BCUT2D eigenvalue weighted by atomic mass is 32.2. The zero-order valence-electron chi connectivity index (χ0n) is 9.36. The molecule has 0 N–H and O–H groups in total. The van der Waals surface area contributed by atoms with Crippen LogP contribution in [0.2, 0.25) is 0 Å². The maximum Gasteiger partial charge on any atom is 0.223 e. The first-order chi connectivity index (χ1) is 7.22. The van der Waals surface area contributed by atoms with Crippen LogP contribution in [0.15, 0.2) is 0 Å². The quantitative estimate of drug-likeness (QED) is 0.587. The highest BCUT2D eigenvalue weighted by Crippen LogP contribution is 2.04. The first-order valence-electron chi connectivity index (χ1n) is 4.90. The molecule has 0 aliphatic heterocycles. The van der Waals surface area contributed by atoms with Gasteiger partial charge in [0.25, 0.3) is 0 Å². The number of amides is 1. The number of hydrogen-bond donors (Lipinski definition) is 0. The summed E-state index contributed by atoms with van der Waals surface area (Å²) in [6.07, 6.45) is 0.940. The third-order valence-corrected chi connectivity index (χ3v) is 2.82.